The lowest BCUT2D eigenvalue weighted by Crippen LogP contribution is -2.26. The highest BCUT2D eigenvalue weighted by Crippen LogP contribution is 2.39. The van der Waals surface area contributed by atoms with Crippen LogP contribution < -0.4 is 0 Å². The molecule has 0 atom stereocenters. The molecular weight excluding hydrogens is 204 g/mol. The van der Waals surface area contributed by atoms with Crippen LogP contribution in [0.3, 0.4) is 0 Å². The summed E-state index contributed by atoms with van der Waals surface area (Å²) in [6, 6.07) is 0. The summed E-state index contributed by atoms with van der Waals surface area (Å²) < 4.78 is 5.84. The molecule has 0 aromatic carbocycles. The van der Waals surface area contributed by atoms with Gasteiger partial charge in [-0.05, 0) is 30.4 Å². The highest BCUT2D eigenvalue weighted by atomic mass is 32.1. The summed E-state index contributed by atoms with van der Waals surface area (Å²) in [5.74, 6) is 0.989. The lowest BCUT2D eigenvalue weighted by Gasteiger charge is -2.27. The number of hydrogen-bond donors (Lipinski definition) is 1. The zero-order valence-corrected chi connectivity index (χ0v) is 11.4. The van der Waals surface area contributed by atoms with Crippen LogP contribution in [-0.4, -0.2) is 19.0 Å². The van der Waals surface area contributed by atoms with Crippen LogP contribution in [-0.2, 0) is 4.74 Å². The number of rotatable bonds is 5. The van der Waals surface area contributed by atoms with Crippen LogP contribution in [0.5, 0.6) is 0 Å². The monoisotopic (exact) mass is 230 g/mol. The molecule has 0 aromatic heterocycles. The Labute approximate surface area is 100 Å². The maximum Gasteiger partial charge on any atom is 0.0530 e. The summed E-state index contributed by atoms with van der Waals surface area (Å²) in [7, 11) is 0. The van der Waals surface area contributed by atoms with Gasteiger partial charge in [-0.15, -0.1) is 0 Å². The predicted molar refractivity (Wildman–Crippen MR) is 69.6 cm³/mol. The molecule has 0 N–H and O–H groups in total. The third kappa shape index (κ3) is 4.78. The Balaban J connectivity index is 2.18. The van der Waals surface area contributed by atoms with E-state index in [-0.39, 0.29) is 0 Å². The molecule has 0 spiro atoms. The van der Waals surface area contributed by atoms with E-state index in [1.165, 1.54) is 25.7 Å². The van der Waals surface area contributed by atoms with E-state index in [1.54, 1.807) is 0 Å². The minimum atomic E-state index is 0.393. The maximum atomic E-state index is 5.84. The second kappa shape index (κ2) is 5.58. The Morgan fingerprint density at radius 2 is 1.80 bits per heavy atom. The second-order valence-electron chi connectivity index (χ2n) is 6.23. The summed E-state index contributed by atoms with van der Waals surface area (Å²) in [6.45, 7) is 8.62. The van der Waals surface area contributed by atoms with Crippen LogP contribution in [0, 0.1) is 10.8 Å². The zero-order valence-electron chi connectivity index (χ0n) is 10.5. The van der Waals surface area contributed by atoms with Crippen molar-refractivity contribution < 1.29 is 4.74 Å². The van der Waals surface area contributed by atoms with E-state index < -0.39 is 0 Å². The van der Waals surface area contributed by atoms with Crippen LogP contribution in [0.15, 0.2) is 0 Å². The van der Waals surface area contributed by atoms with Crippen LogP contribution in [0.2, 0.25) is 0 Å². The summed E-state index contributed by atoms with van der Waals surface area (Å²) in [5, 5.41) is 0. The molecule has 0 heterocycles. The van der Waals surface area contributed by atoms with Gasteiger partial charge >= 0.3 is 0 Å². The average molecular weight is 230 g/mol. The molecule has 1 nitrogen and oxygen atoms in total. The van der Waals surface area contributed by atoms with E-state index in [1.807, 2.05) is 0 Å². The van der Waals surface area contributed by atoms with Crippen LogP contribution in [0.1, 0.15) is 52.9 Å². The van der Waals surface area contributed by atoms with Gasteiger partial charge in [0.1, 0.15) is 0 Å². The number of hydrogen-bond acceptors (Lipinski definition) is 2. The lowest BCUT2D eigenvalue weighted by atomic mass is 9.89. The van der Waals surface area contributed by atoms with Gasteiger partial charge in [-0.3, -0.25) is 0 Å². The molecule has 0 saturated heterocycles. The first-order chi connectivity index (χ1) is 6.97. The fraction of sp³-hybridized carbons (Fsp3) is 1.00. The average Bonchev–Trinajstić information content (AvgIpc) is 2.60. The number of ether oxygens (including phenoxy) is 1. The molecular formula is C13H26OS. The molecule has 2 heteroatoms. The van der Waals surface area contributed by atoms with E-state index in [0.717, 1.165) is 25.4 Å². The smallest absolute Gasteiger partial charge is 0.0530 e. The van der Waals surface area contributed by atoms with Crippen molar-refractivity contribution in [2.45, 2.75) is 52.9 Å². The van der Waals surface area contributed by atoms with E-state index in [0.29, 0.717) is 10.8 Å². The number of thiol groups is 1. The molecule has 15 heavy (non-hydrogen) atoms. The first-order valence-electron chi connectivity index (χ1n) is 6.16. The van der Waals surface area contributed by atoms with Gasteiger partial charge in [-0.1, -0.05) is 33.6 Å². The fourth-order valence-corrected chi connectivity index (χ4v) is 2.55. The highest BCUT2D eigenvalue weighted by Gasteiger charge is 2.32. The Kier molecular flexibility index (Phi) is 4.98. The lowest BCUT2D eigenvalue weighted by molar-refractivity contribution is 0.0451. The van der Waals surface area contributed by atoms with Gasteiger partial charge in [-0.2, -0.15) is 12.6 Å². The fourth-order valence-electron chi connectivity index (χ4n) is 2.14. The van der Waals surface area contributed by atoms with E-state index in [9.17, 15) is 0 Å². The van der Waals surface area contributed by atoms with Gasteiger partial charge in [-0.25, -0.2) is 0 Å². The highest BCUT2D eigenvalue weighted by molar-refractivity contribution is 7.80. The molecule has 0 aliphatic heterocycles. The van der Waals surface area contributed by atoms with Gasteiger partial charge in [0.2, 0.25) is 0 Å². The Morgan fingerprint density at radius 3 is 2.27 bits per heavy atom. The first kappa shape index (κ1) is 13.4. The van der Waals surface area contributed by atoms with E-state index >= 15 is 0 Å². The molecule has 1 aliphatic rings. The molecule has 0 unspecified atom stereocenters. The SMILES string of the molecule is CC(C)(C)CCOCC1(CS)CCCC1. The van der Waals surface area contributed by atoms with Gasteiger partial charge in [0.05, 0.1) is 6.61 Å². The van der Waals surface area contributed by atoms with Crippen molar-refractivity contribution in [1.29, 1.82) is 0 Å². The molecule has 0 radical (unpaired) electrons. The third-order valence-electron chi connectivity index (χ3n) is 3.40. The van der Waals surface area contributed by atoms with Crippen molar-refractivity contribution in [2.24, 2.45) is 10.8 Å². The topological polar surface area (TPSA) is 9.23 Å². The van der Waals surface area contributed by atoms with Crippen molar-refractivity contribution >= 4 is 12.6 Å². The maximum absolute atomic E-state index is 5.84. The van der Waals surface area contributed by atoms with Crippen molar-refractivity contribution in [3.8, 4) is 0 Å². The minimum absolute atomic E-state index is 0.393. The summed E-state index contributed by atoms with van der Waals surface area (Å²) in [5.41, 5.74) is 0.796. The molecule has 1 saturated carbocycles. The Bertz CT molecular complexity index is 177. The van der Waals surface area contributed by atoms with Crippen molar-refractivity contribution in [3.63, 3.8) is 0 Å². The van der Waals surface area contributed by atoms with Crippen molar-refractivity contribution in [1.82, 2.24) is 0 Å². The van der Waals surface area contributed by atoms with E-state index in [2.05, 4.69) is 33.4 Å². The van der Waals surface area contributed by atoms with Gasteiger partial charge < -0.3 is 4.74 Å². The molecule has 90 valence electrons. The van der Waals surface area contributed by atoms with Crippen molar-refractivity contribution in [3.05, 3.63) is 0 Å². The quantitative estimate of drug-likeness (QED) is 0.556. The molecule has 0 bridgehead atoms. The Hall–Kier alpha value is 0.310. The summed E-state index contributed by atoms with van der Waals surface area (Å²) in [6.07, 6.45) is 6.50. The van der Waals surface area contributed by atoms with Gasteiger partial charge in [0.25, 0.3) is 0 Å². The molecule has 1 rings (SSSR count). The molecule has 1 fully saturated rings. The van der Waals surface area contributed by atoms with Crippen LogP contribution in [0.4, 0.5) is 0 Å². The van der Waals surface area contributed by atoms with Crippen LogP contribution >= 0.6 is 12.6 Å². The zero-order chi connectivity index (χ0) is 11.4. The first-order valence-corrected chi connectivity index (χ1v) is 6.79. The predicted octanol–water partition coefficient (Wildman–Crippen LogP) is 3.93. The van der Waals surface area contributed by atoms with Crippen LogP contribution in [0.25, 0.3) is 0 Å². The van der Waals surface area contributed by atoms with E-state index in [4.69, 9.17) is 4.74 Å². The Morgan fingerprint density at radius 1 is 1.20 bits per heavy atom. The molecule has 0 amide bonds. The minimum Gasteiger partial charge on any atom is -0.381 e. The second-order valence-corrected chi connectivity index (χ2v) is 6.54. The summed E-state index contributed by atoms with van der Waals surface area (Å²) >= 11 is 4.48. The normalized spacial score (nSPS) is 20.8. The molecule has 0 aromatic rings. The standard InChI is InChI=1S/C13H26OS/c1-12(2,3)8-9-14-10-13(11-15)6-4-5-7-13/h15H,4-11H2,1-3H3. The molecule has 1 aliphatic carbocycles. The van der Waals surface area contributed by atoms with Gasteiger partial charge in [0, 0.05) is 12.0 Å². The van der Waals surface area contributed by atoms with Gasteiger partial charge in [0.15, 0.2) is 0 Å². The van der Waals surface area contributed by atoms with Crippen molar-refractivity contribution in [2.75, 3.05) is 19.0 Å². The summed E-state index contributed by atoms with van der Waals surface area (Å²) in [4.78, 5) is 0. The third-order valence-corrected chi connectivity index (χ3v) is 4.08. The largest absolute Gasteiger partial charge is 0.381 e.